The fourth-order valence-electron chi connectivity index (χ4n) is 3.60. The normalized spacial score (nSPS) is 11.9. The quantitative estimate of drug-likeness (QED) is 0.343. The van der Waals surface area contributed by atoms with Gasteiger partial charge in [0, 0.05) is 22.7 Å². The van der Waals surface area contributed by atoms with Gasteiger partial charge in [-0.25, -0.2) is 0 Å². The Morgan fingerprint density at radius 2 is 1.77 bits per heavy atom. The standard InChI is InChI=1S/C27H23ClF3N5O3/c1-26(2,3)25(39)33-13-18-11-21(22(28)14-32-18)23(37)35-17-8-7-15-12-34-36(24(38)20(15)10-17)19-6-4-5-16(9-19)27(29,30)31/h4-12,14H,13H2,1-3H3,(H,33,39)(H,35,37). The maximum absolute atomic E-state index is 13.2. The van der Waals surface area contributed by atoms with E-state index >= 15 is 0 Å². The van der Waals surface area contributed by atoms with Crippen LogP contribution in [-0.4, -0.2) is 26.6 Å². The number of amides is 2. The second-order valence-electron chi connectivity index (χ2n) is 9.75. The highest BCUT2D eigenvalue weighted by atomic mass is 35.5. The number of nitrogens with one attached hydrogen (secondary N) is 2. The molecule has 12 heteroatoms. The molecular weight excluding hydrogens is 535 g/mol. The van der Waals surface area contributed by atoms with Gasteiger partial charge in [0.05, 0.1) is 45.7 Å². The van der Waals surface area contributed by atoms with E-state index in [0.29, 0.717) is 11.1 Å². The molecule has 0 spiro atoms. The number of aromatic nitrogens is 3. The minimum atomic E-state index is -4.58. The first-order valence-corrected chi connectivity index (χ1v) is 12.1. The second kappa shape index (κ2) is 10.5. The van der Waals surface area contributed by atoms with Gasteiger partial charge in [0.25, 0.3) is 11.5 Å². The number of carbonyl (C=O) groups is 2. The van der Waals surface area contributed by atoms with Gasteiger partial charge in [-0.15, -0.1) is 0 Å². The lowest BCUT2D eigenvalue weighted by Crippen LogP contribution is -2.34. The Morgan fingerprint density at radius 1 is 1.03 bits per heavy atom. The van der Waals surface area contributed by atoms with Crippen molar-refractivity contribution in [3.63, 3.8) is 0 Å². The first-order chi connectivity index (χ1) is 18.2. The summed E-state index contributed by atoms with van der Waals surface area (Å²) in [5.74, 6) is -0.774. The lowest BCUT2D eigenvalue weighted by Gasteiger charge is -2.17. The van der Waals surface area contributed by atoms with Gasteiger partial charge < -0.3 is 10.6 Å². The highest BCUT2D eigenvalue weighted by molar-refractivity contribution is 6.34. The van der Waals surface area contributed by atoms with Crippen LogP contribution in [0, 0.1) is 5.41 Å². The van der Waals surface area contributed by atoms with E-state index in [2.05, 4.69) is 20.7 Å². The number of hydrogen-bond donors (Lipinski definition) is 2. The molecule has 39 heavy (non-hydrogen) atoms. The van der Waals surface area contributed by atoms with Crippen LogP contribution in [0.15, 0.2) is 65.7 Å². The van der Waals surface area contributed by atoms with Crippen molar-refractivity contribution in [1.82, 2.24) is 20.1 Å². The zero-order valence-corrected chi connectivity index (χ0v) is 21.8. The van der Waals surface area contributed by atoms with Gasteiger partial charge in [-0.3, -0.25) is 19.4 Å². The first kappa shape index (κ1) is 27.8. The maximum Gasteiger partial charge on any atom is 0.416 e. The van der Waals surface area contributed by atoms with Crippen molar-refractivity contribution in [3.8, 4) is 5.69 Å². The maximum atomic E-state index is 13.2. The molecule has 0 aliphatic heterocycles. The Kier molecular flexibility index (Phi) is 7.47. The van der Waals surface area contributed by atoms with Crippen LogP contribution in [0.1, 0.15) is 42.4 Å². The van der Waals surface area contributed by atoms with E-state index < -0.39 is 28.6 Å². The smallest absolute Gasteiger partial charge is 0.350 e. The SMILES string of the molecule is CC(C)(C)C(=O)NCc1cc(C(=O)Nc2ccc3cnn(-c4cccc(C(F)(F)F)c4)c(=O)c3c2)c(Cl)cn1. The zero-order chi connectivity index (χ0) is 28.5. The van der Waals surface area contributed by atoms with Crippen molar-refractivity contribution in [2.45, 2.75) is 33.5 Å². The summed E-state index contributed by atoms with van der Waals surface area (Å²) in [6, 6.07) is 10.2. The van der Waals surface area contributed by atoms with Crippen LogP contribution in [0.4, 0.5) is 18.9 Å². The summed E-state index contributed by atoms with van der Waals surface area (Å²) in [5.41, 5.74) is -1.47. The van der Waals surface area contributed by atoms with Crippen molar-refractivity contribution in [2.75, 3.05) is 5.32 Å². The minimum absolute atomic E-state index is 0.0548. The number of benzene rings is 2. The number of rotatable bonds is 5. The fourth-order valence-corrected chi connectivity index (χ4v) is 3.79. The molecule has 4 rings (SSSR count). The highest BCUT2D eigenvalue weighted by Crippen LogP contribution is 2.30. The van der Waals surface area contributed by atoms with Gasteiger partial charge in [0.2, 0.25) is 5.91 Å². The molecule has 0 aliphatic rings. The topological polar surface area (TPSA) is 106 Å². The minimum Gasteiger partial charge on any atom is -0.350 e. The molecule has 2 heterocycles. The summed E-state index contributed by atoms with van der Waals surface area (Å²) in [7, 11) is 0. The highest BCUT2D eigenvalue weighted by Gasteiger charge is 2.30. The van der Waals surface area contributed by atoms with Crippen molar-refractivity contribution in [2.24, 2.45) is 5.41 Å². The number of nitrogens with zero attached hydrogens (tertiary/aromatic N) is 3. The molecule has 0 unspecified atom stereocenters. The molecule has 2 aromatic carbocycles. The van der Waals surface area contributed by atoms with Gasteiger partial charge in [0.15, 0.2) is 0 Å². The number of carbonyl (C=O) groups excluding carboxylic acids is 2. The number of alkyl halides is 3. The molecule has 0 aliphatic carbocycles. The van der Waals surface area contributed by atoms with E-state index in [4.69, 9.17) is 11.6 Å². The third kappa shape index (κ3) is 6.26. The monoisotopic (exact) mass is 557 g/mol. The lowest BCUT2D eigenvalue weighted by molar-refractivity contribution is -0.137. The molecule has 0 atom stereocenters. The summed E-state index contributed by atoms with van der Waals surface area (Å²) in [5, 5.41) is 10.1. The summed E-state index contributed by atoms with van der Waals surface area (Å²) in [6.45, 7) is 5.39. The molecule has 0 fully saturated rings. The largest absolute Gasteiger partial charge is 0.416 e. The van der Waals surface area contributed by atoms with Gasteiger partial charge in [-0.1, -0.05) is 44.5 Å². The van der Waals surface area contributed by atoms with Crippen molar-refractivity contribution in [3.05, 3.63) is 93.1 Å². The Balaban J connectivity index is 1.61. The van der Waals surface area contributed by atoms with Crippen LogP contribution in [-0.2, 0) is 17.5 Å². The summed E-state index contributed by atoms with van der Waals surface area (Å²) >= 11 is 6.19. The molecule has 2 N–H and O–H groups in total. The second-order valence-corrected chi connectivity index (χ2v) is 10.2. The Morgan fingerprint density at radius 3 is 2.46 bits per heavy atom. The van der Waals surface area contributed by atoms with Crippen molar-refractivity contribution in [1.29, 1.82) is 0 Å². The summed E-state index contributed by atoms with van der Waals surface area (Å²) < 4.78 is 40.3. The summed E-state index contributed by atoms with van der Waals surface area (Å²) in [6.07, 6.45) is -1.93. The number of halogens is 4. The molecule has 0 radical (unpaired) electrons. The van der Waals surface area contributed by atoms with Gasteiger partial charge in [0.1, 0.15) is 0 Å². The van der Waals surface area contributed by atoms with E-state index in [-0.39, 0.29) is 39.8 Å². The van der Waals surface area contributed by atoms with Crippen LogP contribution in [0.3, 0.4) is 0 Å². The van der Waals surface area contributed by atoms with E-state index in [1.807, 2.05) is 0 Å². The molecule has 0 saturated heterocycles. The molecule has 2 aromatic heterocycles. The molecule has 0 bridgehead atoms. The molecule has 4 aromatic rings. The zero-order valence-electron chi connectivity index (χ0n) is 21.1. The predicted octanol–water partition coefficient (Wildman–Crippen LogP) is 5.37. The third-order valence-corrected chi connectivity index (χ3v) is 6.03. The van der Waals surface area contributed by atoms with E-state index in [0.717, 1.165) is 16.8 Å². The molecule has 8 nitrogen and oxygen atoms in total. The lowest BCUT2D eigenvalue weighted by atomic mass is 9.96. The molecule has 202 valence electrons. The Bertz CT molecular complexity index is 1640. The van der Waals surface area contributed by atoms with Gasteiger partial charge >= 0.3 is 6.18 Å². The van der Waals surface area contributed by atoms with Crippen LogP contribution >= 0.6 is 11.6 Å². The van der Waals surface area contributed by atoms with Gasteiger partial charge in [-0.05, 0) is 36.4 Å². The average molecular weight is 558 g/mol. The molecule has 2 amide bonds. The van der Waals surface area contributed by atoms with E-state index in [1.54, 1.807) is 32.9 Å². The molecular formula is C27H23ClF3N5O3. The third-order valence-electron chi connectivity index (χ3n) is 5.73. The number of hydrogen-bond acceptors (Lipinski definition) is 5. The van der Waals surface area contributed by atoms with Crippen LogP contribution in [0.5, 0.6) is 0 Å². The fraction of sp³-hybridized carbons (Fsp3) is 0.222. The van der Waals surface area contributed by atoms with Crippen LogP contribution in [0.2, 0.25) is 5.02 Å². The first-order valence-electron chi connectivity index (χ1n) is 11.7. The average Bonchev–Trinajstić information content (AvgIpc) is 2.87. The predicted molar refractivity (Wildman–Crippen MR) is 141 cm³/mol. The molecule has 0 saturated carbocycles. The number of anilines is 1. The Labute approximate surface area is 225 Å². The van der Waals surface area contributed by atoms with Crippen LogP contribution < -0.4 is 16.2 Å². The van der Waals surface area contributed by atoms with Crippen molar-refractivity contribution < 1.29 is 22.8 Å². The Hall–Kier alpha value is -4.25. The van der Waals surface area contributed by atoms with E-state index in [9.17, 15) is 27.6 Å². The number of fused-ring (bicyclic) bond motifs is 1. The number of pyridine rings is 1. The van der Waals surface area contributed by atoms with Crippen molar-refractivity contribution >= 4 is 39.9 Å². The summed E-state index contributed by atoms with van der Waals surface area (Å²) in [4.78, 5) is 42.4. The van der Waals surface area contributed by atoms with Crippen LogP contribution in [0.25, 0.3) is 16.5 Å². The van der Waals surface area contributed by atoms with E-state index in [1.165, 1.54) is 36.7 Å². The van der Waals surface area contributed by atoms with Gasteiger partial charge in [-0.2, -0.15) is 23.0 Å².